The Kier molecular flexibility index (Phi) is 5.55. The molecule has 8 heteroatoms. The van der Waals surface area contributed by atoms with Crippen molar-refractivity contribution in [3.8, 4) is 17.1 Å². The highest BCUT2D eigenvalue weighted by atomic mass is 32.2. The first-order valence-corrected chi connectivity index (χ1v) is 8.99. The molecule has 0 bridgehead atoms. The zero-order valence-electron chi connectivity index (χ0n) is 14.9. The van der Waals surface area contributed by atoms with Gasteiger partial charge in [0, 0.05) is 13.1 Å². The molecule has 0 aliphatic heterocycles. The molecule has 0 saturated heterocycles. The summed E-state index contributed by atoms with van der Waals surface area (Å²) in [6, 6.07) is 10.3. The van der Waals surface area contributed by atoms with Crippen molar-refractivity contribution in [2.75, 3.05) is 7.11 Å². The van der Waals surface area contributed by atoms with Gasteiger partial charge in [-0.3, -0.25) is 4.79 Å². The maximum Gasteiger partial charge on any atom is 0.191 e. The first kappa shape index (κ1) is 19.0. The average molecular weight is 389 g/mol. The predicted octanol–water partition coefficient (Wildman–Crippen LogP) is 4.13. The van der Waals surface area contributed by atoms with Gasteiger partial charge in [0.15, 0.2) is 16.8 Å². The van der Waals surface area contributed by atoms with Crippen molar-refractivity contribution in [1.82, 2.24) is 14.8 Å². The summed E-state index contributed by atoms with van der Waals surface area (Å²) in [4.78, 5) is 12.5. The van der Waals surface area contributed by atoms with E-state index in [4.69, 9.17) is 4.74 Å². The number of rotatable bonds is 6. The molecule has 140 valence electrons. The number of halogens is 2. The van der Waals surface area contributed by atoms with Gasteiger partial charge >= 0.3 is 0 Å². The molecule has 1 aromatic heterocycles. The number of para-hydroxylation sites is 1. The topological polar surface area (TPSA) is 57.0 Å². The predicted molar refractivity (Wildman–Crippen MR) is 99.0 cm³/mol. The van der Waals surface area contributed by atoms with Crippen molar-refractivity contribution < 1.29 is 18.3 Å². The minimum Gasteiger partial charge on any atom is -0.496 e. The van der Waals surface area contributed by atoms with E-state index in [1.54, 1.807) is 25.6 Å². The number of carbonyl (C=O) groups is 1. The number of methoxy groups -OCH3 is 1. The summed E-state index contributed by atoms with van der Waals surface area (Å²) in [5.74, 6) is -0.803. The average Bonchev–Trinajstić information content (AvgIpc) is 3.01. The standard InChI is InChI=1S/C19H17F2N3O2S/c1-11(17(25)13-9-8-12(20)10-15(13)21)27-19-23-22-18(24(19)2)14-6-4-5-7-16(14)26-3/h4-11H,1-3H3. The number of thioether (sulfide) groups is 1. The SMILES string of the molecule is COc1ccccc1-c1nnc(SC(C)C(=O)c2ccc(F)cc2F)n1C. The van der Waals surface area contributed by atoms with Gasteiger partial charge in [0.05, 0.1) is 23.5 Å². The van der Waals surface area contributed by atoms with E-state index in [1.807, 2.05) is 24.3 Å². The number of carbonyl (C=O) groups excluding carboxylic acids is 1. The van der Waals surface area contributed by atoms with Crippen LogP contribution in [0.2, 0.25) is 0 Å². The number of hydrogen-bond acceptors (Lipinski definition) is 5. The molecule has 0 saturated carbocycles. The van der Waals surface area contributed by atoms with Crippen molar-refractivity contribution in [3.63, 3.8) is 0 Å². The number of Topliss-reactive ketones (excluding diaryl/α,β-unsaturated/α-hetero) is 1. The molecule has 3 aromatic rings. The minimum atomic E-state index is -0.875. The van der Waals surface area contributed by atoms with Crippen LogP contribution >= 0.6 is 11.8 Å². The summed E-state index contributed by atoms with van der Waals surface area (Å²) in [6.07, 6.45) is 0. The van der Waals surface area contributed by atoms with Crippen molar-refractivity contribution in [3.05, 3.63) is 59.7 Å². The summed E-state index contributed by atoms with van der Waals surface area (Å²) in [6.45, 7) is 1.65. The third-order valence-corrected chi connectivity index (χ3v) is 5.16. The van der Waals surface area contributed by atoms with E-state index in [9.17, 15) is 13.6 Å². The second-order valence-electron chi connectivity index (χ2n) is 5.81. The Labute approximate surface area is 159 Å². The minimum absolute atomic E-state index is 0.150. The molecule has 1 unspecified atom stereocenters. The fourth-order valence-electron chi connectivity index (χ4n) is 2.60. The Morgan fingerprint density at radius 3 is 2.63 bits per heavy atom. The molecule has 1 heterocycles. The molecule has 0 N–H and O–H groups in total. The molecule has 0 spiro atoms. The lowest BCUT2D eigenvalue weighted by atomic mass is 10.1. The molecule has 27 heavy (non-hydrogen) atoms. The summed E-state index contributed by atoms with van der Waals surface area (Å²) < 4.78 is 34.0. The summed E-state index contributed by atoms with van der Waals surface area (Å²) in [5, 5.41) is 8.19. The molecular weight excluding hydrogens is 372 g/mol. The van der Waals surface area contributed by atoms with Crippen LogP contribution in [0.4, 0.5) is 8.78 Å². The van der Waals surface area contributed by atoms with Gasteiger partial charge < -0.3 is 9.30 Å². The lowest BCUT2D eigenvalue weighted by Crippen LogP contribution is -2.16. The Morgan fingerprint density at radius 2 is 1.93 bits per heavy atom. The fourth-order valence-corrected chi connectivity index (χ4v) is 3.48. The maximum absolute atomic E-state index is 13.9. The Morgan fingerprint density at radius 1 is 1.19 bits per heavy atom. The van der Waals surface area contributed by atoms with Crippen LogP contribution in [0.3, 0.4) is 0 Å². The second-order valence-corrected chi connectivity index (χ2v) is 7.12. The largest absolute Gasteiger partial charge is 0.496 e. The van der Waals surface area contributed by atoms with E-state index in [1.165, 1.54) is 0 Å². The van der Waals surface area contributed by atoms with Gasteiger partial charge in [0.1, 0.15) is 17.4 Å². The summed E-state index contributed by atoms with van der Waals surface area (Å²) >= 11 is 1.15. The molecule has 0 fully saturated rings. The fraction of sp³-hybridized carbons (Fsp3) is 0.211. The van der Waals surface area contributed by atoms with Crippen LogP contribution in [0.1, 0.15) is 17.3 Å². The third kappa shape index (κ3) is 3.85. The van der Waals surface area contributed by atoms with E-state index >= 15 is 0 Å². The van der Waals surface area contributed by atoms with Crippen LogP contribution in [-0.4, -0.2) is 32.9 Å². The van der Waals surface area contributed by atoms with Gasteiger partial charge in [-0.15, -0.1) is 10.2 Å². The molecule has 0 amide bonds. The van der Waals surface area contributed by atoms with E-state index < -0.39 is 22.7 Å². The van der Waals surface area contributed by atoms with E-state index in [0.29, 0.717) is 22.8 Å². The first-order chi connectivity index (χ1) is 12.9. The summed E-state index contributed by atoms with van der Waals surface area (Å²) in [5.41, 5.74) is 0.619. The first-order valence-electron chi connectivity index (χ1n) is 8.11. The van der Waals surface area contributed by atoms with Crippen LogP contribution in [0, 0.1) is 11.6 Å². The quantitative estimate of drug-likeness (QED) is 0.469. The molecule has 3 rings (SSSR count). The molecule has 5 nitrogen and oxygen atoms in total. The number of aromatic nitrogens is 3. The van der Waals surface area contributed by atoms with Crippen LogP contribution in [0.25, 0.3) is 11.4 Å². The Balaban J connectivity index is 1.84. The van der Waals surface area contributed by atoms with Crippen molar-refractivity contribution in [2.24, 2.45) is 7.05 Å². The van der Waals surface area contributed by atoms with Gasteiger partial charge in [-0.2, -0.15) is 0 Å². The van der Waals surface area contributed by atoms with Gasteiger partial charge in [-0.1, -0.05) is 23.9 Å². The van der Waals surface area contributed by atoms with Gasteiger partial charge in [-0.05, 0) is 31.2 Å². The van der Waals surface area contributed by atoms with Gasteiger partial charge in [0.25, 0.3) is 0 Å². The monoisotopic (exact) mass is 389 g/mol. The highest BCUT2D eigenvalue weighted by molar-refractivity contribution is 8.00. The Hall–Kier alpha value is -2.74. The van der Waals surface area contributed by atoms with E-state index in [2.05, 4.69) is 10.2 Å². The maximum atomic E-state index is 13.9. The smallest absolute Gasteiger partial charge is 0.191 e. The summed E-state index contributed by atoms with van der Waals surface area (Å²) in [7, 11) is 3.35. The van der Waals surface area contributed by atoms with Crippen molar-refractivity contribution in [1.29, 1.82) is 0 Å². The normalized spacial score (nSPS) is 12.0. The zero-order chi connectivity index (χ0) is 19.6. The molecular formula is C19H17F2N3O2S. The lowest BCUT2D eigenvalue weighted by Gasteiger charge is -2.11. The number of nitrogens with zero attached hydrogens (tertiary/aromatic N) is 3. The second kappa shape index (κ2) is 7.87. The number of hydrogen-bond donors (Lipinski definition) is 0. The van der Waals surface area contributed by atoms with E-state index in [0.717, 1.165) is 29.5 Å². The van der Waals surface area contributed by atoms with Crippen LogP contribution in [-0.2, 0) is 7.05 Å². The van der Waals surface area contributed by atoms with Gasteiger partial charge in [0.2, 0.25) is 0 Å². The van der Waals surface area contributed by atoms with Crippen molar-refractivity contribution >= 4 is 17.5 Å². The number of ketones is 1. The molecule has 2 aromatic carbocycles. The number of ether oxygens (including phenoxy) is 1. The van der Waals surface area contributed by atoms with Crippen LogP contribution < -0.4 is 4.74 Å². The van der Waals surface area contributed by atoms with Crippen molar-refractivity contribution in [2.45, 2.75) is 17.3 Å². The zero-order valence-corrected chi connectivity index (χ0v) is 15.8. The van der Waals surface area contributed by atoms with Crippen LogP contribution in [0.15, 0.2) is 47.6 Å². The molecule has 0 radical (unpaired) electrons. The highest BCUT2D eigenvalue weighted by Crippen LogP contribution is 2.31. The Bertz CT molecular complexity index is 991. The van der Waals surface area contributed by atoms with Crippen LogP contribution in [0.5, 0.6) is 5.75 Å². The molecule has 0 aliphatic rings. The molecule has 1 atom stereocenters. The lowest BCUT2D eigenvalue weighted by molar-refractivity contribution is 0.0990. The highest BCUT2D eigenvalue weighted by Gasteiger charge is 2.23. The molecule has 0 aliphatic carbocycles. The van der Waals surface area contributed by atoms with Gasteiger partial charge in [-0.25, -0.2) is 8.78 Å². The number of benzene rings is 2. The third-order valence-electron chi connectivity index (χ3n) is 4.03. The van der Waals surface area contributed by atoms with E-state index in [-0.39, 0.29) is 5.56 Å².